The lowest BCUT2D eigenvalue weighted by molar-refractivity contribution is 0.0975. The lowest BCUT2D eigenvalue weighted by atomic mass is 9.68. The Hall–Kier alpha value is -3.34. The molecule has 1 spiro atoms. The molecule has 2 aliphatic carbocycles. The van der Waals surface area contributed by atoms with Crippen LogP contribution in [0.25, 0.3) is 5.69 Å². The summed E-state index contributed by atoms with van der Waals surface area (Å²) in [5.74, 6) is 2.26. The fourth-order valence-corrected chi connectivity index (χ4v) is 6.61. The Balaban J connectivity index is 1.34. The van der Waals surface area contributed by atoms with Crippen molar-refractivity contribution in [1.29, 1.82) is 0 Å². The van der Waals surface area contributed by atoms with Crippen molar-refractivity contribution in [3.8, 4) is 11.4 Å². The van der Waals surface area contributed by atoms with Crippen LogP contribution in [-0.2, 0) is 6.42 Å². The van der Waals surface area contributed by atoms with Crippen LogP contribution in [-0.4, -0.2) is 30.4 Å². The average molecular weight is 455 g/mol. The summed E-state index contributed by atoms with van der Waals surface area (Å²) in [6.45, 7) is 0.740. The Kier molecular flexibility index (Phi) is 5.09. The second kappa shape index (κ2) is 8.15. The molecular formula is C29H30N2O3. The Labute approximate surface area is 200 Å². The number of carbonyl (C=O) groups excluding carboxylic acids is 2. The third-order valence-corrected chi connectivity index (χ3v) is 8.43. The van der Waals surface area contributed by atoms with Crippen molar-refractivity contribution in [2.24, 2.45) is 17.3 Å². The van der Waals surface area contributed by atoms with E-state index in [2.05, 4.69) is 18.2 Å². The maximum atomic E-state index is 13.9. The van der Waals surface area contributed by atoms with Crippen LogP contribution in [0.3, 0.4) is 0 Å². The number of aromatic nitrogens is 1. The highest BCUT2D eigenvalue weighted by Crippen LogP contribution is 2.63. The molecule has 0 N–H and O–H groups in total. The van der Waals surface area contributed by atoms with E-state index in [-0.39, 0.29) is 5.91 Å². The van der Waals surface area contributed by atoms with Crippen molar-refractivity contribution in [2.45, 2.75) is 38.5 Å². The van der Waals surface area contributed by atoms with Gasteiger partial charge >= 0.3 is 0 Å². The van der Waals surface area contributed by atoms with E-state index < -0.39 is 0 Å². The summed E-state index contributed by atoms with van der Waals surface area (Å²) in [5, 5.41) is 0. The molecule has 6 rings (SSSR count). The molecule has 3 atom stereocenters. The zero-order valence-corrected chi connectivity index (χ0v) is 19.6. The summed E-state index contributed by atoms with van der Waals surface area (Å²) < 4.78 is 7.54. The van der Waals surface area contributed by atoms with Gasteiger partial charge in [0.15, 0.2) is 6.29 Å². The Morgan fingerprint density at radius 1 is 1.15 bits per heavy atom. The van der Waals surface area contributed by atoms with Gasteiger partial charge in [0.1, 0.15) is 5.75 Å². The molecule has 3 aromatic rings. The monoisotopic (exact) mass is 454 g/mol. The van der Waals surface area contributed by atoms with E-state index in [1.54, 1.807) is 19.4 Å². The number of aldehydes is 1. The molecule has 2 aromatic carbocycles. The van der Waals surface area contributed by atoms with Crippen molar-refractivity contribution in [3.63, 3.8) is 0 Å². The SMILES string of the molecule is COc1cc(-n2ccc(C=O)c2)ccc1C(=O)N1CCC2(CCCC3CC32)Cc2ccccc21. The molecule has 174 valence electrons. The summed E-state index contributed by atoms with van der Waals surface area (Å²) in [4.78, 5) is 27.0. The molecule has 0 saturated heterocycles. The highest BCUT2D eigenvalue weighted by atomic mass is 16.5. The first-order valence-electron chi connectivity index (χ1n) is 12.3. The van der Waals surface area contributed by atoms with Crippen LogP contribution in [0.4, 0.5) is 5.69 Å². The zero-order chi connectivity index (χ0) is 23.3. The molecule has 2 heterocycles. The van der Waals surface area contributed by atoms with Gasteiger partial charge in [0.05, 0.1) is 12.7 Å². The van der Waals surface area contributed by atoms with Gasteiger partial charge in [-0.2, -0.15) is 0 Å². The third kappa shape index (κ3) is 3.46. The van der Waals surface area contributed by atoms with E-state index in [1.807, 2.05) is 39.9 Å². The summed E-state index contributed by atoms with van der Waals surface area (Å²) in [6.07, 6.45) is 11.9. The molecule has 34 heavy (non-hydrogen) atoms. The van der Waals surface area contributed by atoms with Gasteiger partial charge in [0.25, 0.3) is 5.91 Å². The number of nitrogens with zero attached hydrogens (tertiary/aromatic N) is 2. The van der Waals surface area contributed by atoms with E-state index in [1.165, 1.54) is 31.2 Å². The predicted molar refractivity (Wildman–Crippen MR) is 132 cm³/mol. The largest absolute Gasteiger partial charge is 0.496 e. The molecule has 2 saturated carbocycles. The van der Waals surface area contributed by atoms with Gasteiger partial charge in [0, 0.05) is 41.9 Å². The van der Waals surface area contributed by atoms with Crippen molar-refractivity contribution in [1.82, 2.24) is 4.57 Å². The topological polar surface area (TPSA) is 51.5 Å². The molecule has 3 unspecified atom stereocenters. The van der Waals surface area contributed by atoms with Gasteiger partial charge in [-0.3, -0.25) is 9.59 Å². The first kappa shape index (κ1) is 21.2. The molecule has 2 fully saturated rings. The van der Waals surface area contributed by atoms with Crippen molar-refractivity contribution in [3.05, 3.63) is 77.6 Å². The first-order chi connectivity index (χ1) is 16.6. The number of rotatable bonds is 4. The Bertz CT molecular complexity index is 1260. The fraction of sp³-hybridized carbons (Fsp3) is 0.379. The number of anilines is 1. The number of fused-ring (bicyclic) bond motifs is 3. The fourth-order valence-electron chi connectivity index (χ4n) is 6.61. The molecule has 1 aromatic heterocycles. The second-order valence-electron chi connectivity index (χ2n) is 10.2. The second-order valence-corrected chi connectivity index (χ2v) is 10.2. The number of para-hydroxylation sites is 1. The van der Waals surface area contributed by atoms with Gasteiger partial charge in [-0.15, -0.1) is 0 Å². The highest BCUT2D eigenvalue weighted by Gasteiger charge is 2.55. The third-order valence-electron chi connectivity index (χ3n) is 8.43. The molecule has 3 aliphatic rings. The maximum absolute atomic E-state index is 13.9. The number of benzene rings is 2. The van der Waals surface area contributed by atoms with Crippen LogP contribution >= 0.6 is 0 Å². The number of ether oxygens (including phenoxy) is 1. The quantitative estimate of drug-likeness (QED) is 0.475. The van der Waals surface area contributed by atoms with Gasteiger partial charge in [0.2, 0.25) is 0 Å². The van der Waals surface area contributed by atoms with Crippen molar-refractivity contribution >= 4 is 17.9 Å². The van der Waals surface area contributed by atoms with E-state index in [4.69, 9.17) is 4.74 Å². The molecule has 5 heteroatoms. The lowest BCUT2D eigenvalue weighted by Crippen LogP contribution is -2.35. The van der Waals surface area contributed by atoms with E-state index in [9.17, 15) is 9.59 Å². The van der Waals surface area contributed by atoms with E-state index >= 15 is 0 Å². The smallest absolute Gasteiger partial charge is 0.262 e. The van der Waals surface area contributed by atoms with E-state index in [0.29, 0.717) is 22.3 Å². The number of hydrogen-bond donors (Lipinski definition) is 0. The van der Waals surface area contributed by atoms with Gasteiger partial charge in [-0.25, -0.2) is 0 Å². The summed E-state index contributed by atoms with van der Waals surface area (Å²) in [7, 11) is 1.60. The molecule has 0 bridgehead atoms. The lowest BCUT2D eigenvalue weighted by Gasteiger charge is -2.37. The molecule has 0 radical (unpaired) electrons. The van der Waals surface area contributed by atoms with Crippen molar-refractivity contribution in [2.75, 3.05) is 18.6 Å². The highest BCUT2D eigenvalue weighted by molar-refractivity contribution is 6.08. The predicted octanol–water partition coefficient (Wildman–Crippen LogP) is 5.70. The van der Waals surface area contributed by atoms with Crippen LogP contribution in [0.1, 0.15) is 58.4 Å². The number of hydrogen-bond acceptors (Lipinski definition) is 3. The van der Waals surface area contributed by atoms with Crippen LogP contribution in [0, 0.1) is 17.3 Å². The van der Waals surface area contributed by atoms with Gasteiger partial charge in [-0.05, 0) is 72.8 Å². The number of methoxy groups -OCH3 is 1. The van der Waals surface area contributed by atoms with Crippen molar-refractivity contribution < 1.29 is 14.3 Å². The van der Waals surface area contributed by atoms with E-state index in [0.717, 1.165) is 48.9 Å². The molecule has 5 nitrogen and oxygen atoms in total. The summed E-state index contributed by atoms with van der Waals surface area (Å²) >= 11 is 0. The first-order valence-corrected chi connectivity index (χ1v) is 12.3. The molecule has 1 aliphatic heterocycles. The van der Waals surface area contributed by atoms with Crippen LogP contribution < -0.4 is 9.64 Å². The average Bonchev–Trinajstić information content (AvgIpc) is 3.56. The maximum Gasteiger partial charge on any atom is 0.262 e. The van der Waals surface area contributed by atoms with Crippen LogP contribution in [0.15, 0.2) is 60.9 Å². The minimum atomic E-state index is -0.0165. The van der Waals surface area contributed by atoms with Gasteiger partial charge in [-0.1, -0.05) is 31.0 Å². The van der Waals surface area contributed by atoms with Gasteiger partial charge < -0.3 is 14.2 Å². The number of amides is 1. The normalized spacial score (nSPS) is 25.3. The number of carbonyl (C=O) groups is 2. The Morgan fingerprint density at radius 3 is 2.85 bits per heavy atom. The van der Waals surface area contributed by atoms with Crippen LogP contribution in [0.5, 0.6) is 5.75 Å². The summed E-state index contributed by atoms with van der Waals surface area (Å²) in [5.41, 5.74) is 4.69. The molecular weight excluding hydrogens is 424 g/mol. The molecule has 1 amide bonds. The van der Waals surface area contributed by atoms with Crippen LogP contribution in [0.2, 0.25) is 0 Å². The Morgan fingerprint density at radius 2 is 2.03 bits per heavy atom. The zero-order valence-electron chi connectivity index (χ0n) is 19.6. The minimum absolute atomic E-state index is 0.0165. The minimum Gasteiger partial charge on any atom is -0.496 e. The standard InChI is InChI=1S/C29H30N2O3/c1-34-27-16-23(30-13-10-20(18-30)19-32)8-9-24(27)28(33)31-14-12-29(11-4-6-21-15-25(21)29)17-22-5-2-3-7-26(22)31/h2-3,5,7-10,13,16,18-19,21,25H,4,6,11-12,14-15,17H2,1H3. The summed E-state index contributed by atoms with van der Waals surface area (Å²) in [6, 6.07) is 15.8.